The zero-order chi connectivity index (χ0) is 14.0. The summed E-state index contributed by atoms with van der Waals surface area (Å²) >= 11 is 0. The summed E-state index contributed by atoms with van der Waals surface area (Å²) in [4.78, 5) is 4.31. The molecule has 1 aliphatic rings. The van der Waals surface area contributed by atoms with Crippen LogP contribution in [-0.4, -0.2) is 36.8 Å². The Bertz CT molecular complexity index is 586. The van der Waals surface area contributed by atoms with E-state index in [0.29, 0.717) is 18.0 Å². The van der Waals surface area contributed by atoms with E-state index in [4.69, 9.17) is 0 Å². The topological polar surface area (TPSA) is 75.3 Å². The van der Waals surface area contributed by atoms with E-state index in [0.717, 1.165) is 31.5 Å². The highest BCUT2D eigenvalue weighted by molar-refractivity contribution is 5.62. The molecule has 3 rings (SSSR count). The monoisotopic (exact) mass is 275 g/mol. The number of anilines is 1. The number of hydrogen-bond donors (Lipinski definition) is 2. The maximum absolute atomic E-state index is 10.7. The van der Waals surface area contributed by atoms with Gasteiger partial charge < -0.3 is 10.4 Å². The van der Waals surface area contributed by atoms with Gasteiger partial charge in [-0.15, -0.1) is 10.2 Å². The molecule has 0 saturated heterocycles. The normalized spacial score (nSPS) is 18.9. The molecular formula is C14H21N5O. The number of nitrogens with one attached hydrogen (secondary N) is 1. The number of fused-ring (bicyclic) bond motifs is 1. The van der Waals surface area contributed by atoms with Gasteiger partial charge >= 0.3 is 0 Å². The summed E-state index contributed by atoms with van der Waals surface area (Å²) in [5.41, 5.74) is 0.0855. The van der Waals surface area contributed by atoms with Crippen LogP contribution in [0.5, 0.6) is 0 Å². The Morgan fingerprint density at radius 2 is 2.00 bits per heavy atom. The molecule has 2 heterocycles. The van der Waals surface area contributed by atoms with Crippen molar-refractivity contribution in [3.05, 3.63) is 18.2 Å². The molecule has 0 aliphatic heterocycles. The molecule has 1 saturated carbocycles. The highest BCUT2D eigenvalue weighted by atomic mass is 16.3. The number of aryl methyl sites for hydroxylation is 1. The largest absolute Gasteiger partial charge is 0.388 e. The summed E-state index contributed by atoms with van der Waals surface area (Å²) in [6.45, 7) is 2.42. The van der Waals surface area contributed by atoms with Gasteiger partial charge in [0.15, 0.2) is 5.82 Å². The number of rotatable bonds is 3. The van der Waals surface area contributed by atoms with Crippen LogP contribution < -0.4 is 5.32 Å². The van der Waals surface area contributed by atoms with Crippen molar-refractivity contribution in [3.8, 4) is 0 Å². The van der Waals surface area contributed by atoms with Crippen molar-refractivity contribution in [1.29, 1.82) is 0 Å². The number of aliphatic hydroxyl groups is 1. The van der Waals surface area contributed by atoms with Gasteiger partial charge in [0.25, 0.3) is 0 Å². The molecule has 2 aromatic heterocycles. The van der Waals surface area contributed by atoms with Crippen molar-refractivity contribution < 1.29 is 5.11 Å². The van der Waals surface area contributed by atoms with Gasteiger partial charge in [-0.05, 0) is 19.8 Å². The number of aromatic nitrogens is 4. The van der Waals surface area contributed by atoms with Crippen molar-refractivity contribution in [2.75, 3.05) is 11.9 Å². The second-order valence-electron chi connectivity index (χ2n) is 5.71. The summed E-state index contributed by atoms with van der Waals surface area (Å²) in [5, 5.41) is 22.1. The average molecular weight is 275 g/mol. The van der Waals surface area contributed by atoms with Crippen LogP contribution >= 0.6 is 0 Å². The van der Waals surface area contributed by atoms with Gasteiger partial charge in [-0.2, -0.15) is 0 Å². The van der Waals surface area contributed by atoms with Gasteiger partial charge in [-0.3, -0.25) is 4.40 Å². The summed E-state index contributed by atoms with van der Waals surface area (Å²) in [7, 11) is 0. The molecule has 20 heavy (non-hydrogen) atoms. The Balaban J connectivity index is 1.76. The second kappa shape index (κ2) is 5.36. The maximum atomic E-state index is 10.7. The summed E-state index contributed by atoms with van der Waals surface area (Å²) < 4.78 is 1.90. The molecule has 0 unspecified atom stereocenters. The fourth-order valence-electron chi connectivity index (χ4n) is 2.88. The first-order valence-corrected chi connectivity index (χ1v) is 7.31. The molecule has 2 aromatic rings. The van der Waals surface area contributed by atoms with E-state index in [1.165, 1.54) is 12.8 Å². The molecule has 1 aliphatic carbocycles. The van der Waals surface area contributed by atoms with Crippen LogP contribution in [0.1, 0.15) is 44.3 Å². The van der Waals surface area contributed by atoms with E-state index in [2.05, 4.69) is 20.5 Å². The predicted octanol–water partition coefficient (Wildman–Crippen LogP) is 1.93. The fourth-order valence-corrected chi connectivity index (χ4v) is 2.88. The molecule has 0 bridgehead atoms. The van der Waals surface area contributed by atoms with Gasteiger partial charge in [0.1, 0.15) is 5.82 Å². The zero-order valence-electron chi connectivity index (χ0n) is 11.8. The number of nitrogens with zero attached hydrogens (tertiary/aromatic N) is 4. The lowest BCUT2D eigenvalue weighted by Gasteiger charge is -2.27. The molecular weight excluding hydrogens is 254 g/mol. The van der Waals surface area contributed by atoms with Crippen molar-refractivity contribution in [3.63, 3.8) is 0 Å². The van der Waals surface area contributed by atoms with Crippen molar-refractivity contribution in [1.82, 2.24) is 19.6 Å². The standard InChI is InChI=1S/C14H21N5O/c1-11-17-18-13-12(15-8-9-19(11)13)16-10-14(20)6-4-2-3-5-7-14/h8-9,20H,2-7,10H2,1H3,(H,15,16). The van der Waals surface area contributed by atoms with E-state index in [1.54, 1.807) is 6.20 Å². The summed E-state index contributed by atoms with van der Waals surface area (Å²) in [5.74, 6) is 1.52. The minimum absolute atomic E-state index is 0.519. The molecule has 1 fully saturated rings. The molecule has 108 valence electrons. The van der Waals surface area contributed by atoms with Crippen molar-refractivity contribution >= 4 is 11.5 Å². The van der Waals surface area contributed by atoms with Gasteiger partial charge in [0.05, 0.1) is 5.60 Å². The zero-order valence-corrected chi connectivity index (χ0v) is 11.8. The highest BCUT2D eigenvalue weighted by Gasteiger charge is 2.28. The van der Waals surface area contributed by atoms with Crippen LogP contribution in [0.2, 0.25) is 0 Å². The first-order valence-electron chi connectivity index (χ1n) is 7.31. The Kier molecular flexibility index (Phi) is 3.56. The molecule has 6 heteroatoms. The third kappa shape index (κ3) is 2.60. The SMILES string of the molecule is Cc1nnc2c(NCC3(O)CCCCCC3)nccn12. The Morgan fingerprint density at radius 3 is 2.75 bits per heavy atom. The van der Waals surface area contributed by atoms with Gasteiger partial charge in [-0.25, -0.2) is 4.98 Å². The lowest BCUT2D eigenvalue weighted by molar-refractivity contribution is 0.0381. The van der Waals surface area contributed by atoms with Crippen LogP contribution in [0.15, 0.2) is 12.4 Å². The Hall–Kier alpha value is -1.69. The molecule has 0 amide bonds. The number of hydrogen-bond acceptors (Lipinski definition) is 5. The van der Waals surface area contributed by atoms with Crippen molar-refractivity contribution in [2.45, 2.75) is 51.0 Å². The molecule has 0 radical (unpaired) electrons. The van der Waals surface area contributed by atoms with E-state index in [1.807, 2.05) is 17.5 Å². The third-order valence-corrected chi connectivity index (χ3v) is 4.12. The summed E-state index contributed by atoms with van der Waals surface area (Å²) in [6, 6.07) is 0. The van der Waals surface area contributed by atoms with Crippen LogP contribution in [-0.2, 0) is 0 Å². The highest BCUT2D eigenvalue weighted by Crippen LogP contribution is 2.27. The first-order chi connectivity index (χ1) is 9.68. The van der Waals surface area contributed by atoms with Crippen LogP contribution in [0.4, 0.5) is 5.82 Å². The van der Waals surface area contributed by atoms with Crippen LogP contribution in [0, 0.1) is 6.92 Å². The lowest BCUT2D eigenvalue weighted by atomic mass is 9.94. The van der Waals surface area contributed by atoms with Gasteiger partial charge in [0, 0.05) is 18.9 Å². The molecule has 0 atom stereocenters. The minimum Gasteiger partial charge on any atom is -0.388 e. The summed E-state index contributed by atoms with van der Waals surface area (Å²) in [6.07, 6.45) is 9.92. The third-order valence-electron chi connectivity index (χ3n) is 4.12. The van der Waals surface area contributed by atoms with Gasteiger partial charge in [0.2, 0.25) is 5.65 Å². The molecule has 0 spiro atoms. The van der Waals surface area contributed by atoms with E-state index < -0.39 is 5.60 Å². The Labute approximate surface area is 118 Å². The smallest absolute Gasteiger partial charge is 0.203 e. The molecule has 0 aromatic carbocycles. The quantitative estimate of drug-likeness (QED) is 0.837. The molecule has 6 nitrogen and oxygen atoms in total. The molecule has 2 N–H and O–H groups in total. The maximum Gasteiger partial charge on any atom is 0.203 e. The van der Waals surface area contributed by atoms with Gasteiger partial charge in [-0.1, -0.05) is 25.7 Å². The van der Waals surface area contributed by atoms with E-state index in [9.17, 15) is 5.11 Å². The van der Waals surface area contributed by atoms with Crippen molar-refractivity contribution in [2.24, 2.45) is 0 Å². The fraction of sp³-hybridized carbons (Fsp3) is 0.643. The van der Waals surface area contributed by atoms with E-state index >= 15 is 0 Å². The van der Waals surface area contributed by atoms with Crippen LogP contribution in [0.25, 0.3) is 5.65 Å². The predicted molar refractivity (Wildman–Crippen MR) is 76.7 cm³/mol. The minimum atomic E-state index is -0.625. The first kappa shape index (κ1) is 13.3. The lowest BCUT2D eigenvalue weighted by Crippen LogP contribution is -2.36. The van der Waals surface area contributed by atoms with E-state index in [-0.39, 0.29) is 0 Å². The average Bonchev–Trinajstić information content (AvgIpc) is 2.69. The second-order valence-corrected chi connectivity index (χ2v) is 5.71. The Morgan fingerprint density at radius 1 is 1.25 bits per heavy atom. The van der Waals surface area contributed by atoms with Crippen LogP contribution in [0.3, 0.4) is 0 Å².